The van der Waals surface area contributed by atoms with Gasteiger partial charge in [0, 0.05) is 38.2 Å². The third-order valence-electron chi connectivity index (χ3n) is 2.23. The van der Waals surface area contributed by atoms with Crippen molar-refractivity contribution in [1.82, 2.24) is 9.80 Å². The van der Waals surface area contributed by atoms with Crippen molar-refractivity contribution in [3.63, 3.8) is 0 Å². The molecule has 0 spiro atoms. The van der Waals surface area contributed by atoms with Crippen LogP contribution in [0.25, 0.3) is 0 Å². The quantitative estimate of drug-likeness (QED) is 0.181. The molecular formula is C6H12N2Na4O12P4-4. The summed E-state index contributed by atoms with van der Waals surface area (Å²) in [6, 6.07) is 0. The smallest absolute Gasteiger partial charge is 0.810 e. The molecule has 0 saturated heterocycles. The Morgan fingerprint density at radius 3 is 0.679 bits per heavy atom. The van der Waals surface area contributed by atoms with Crippen molar-refractivity contribution in [2.24, 2.45) is 0 Å². The van der Waals surface area contributed by atoms with Gasteiger partial charge in [0.1, 0.15) is 0 Å². The second kappa shape index (κ2) is 17.9. The molecule has 0 unspecified atom stereocenters. The first-order valence-electron chi connectivity index (χ1n) is 5.85. The van der Waals surface area contributed by atoms with Crippen molar-refractivity contribution in [1.29, 1.82) is 0 Å². The second-order valence-corrected chi connectivity index (χ2v) is 10.8. The van der Waals surface area contributed by atoms with Crippen molar-refractivity contribution in [3.8, 4) is 0 Å². The monoisotopic (exact) mass is 520 g/mol. The molecule has 0 aliphatic heterocycles. The van der Waals surface area contributed by atoms with E-state index >= 15 is 0 Å². The van der Waals surface area contributed by atoms with Gasteiger partial charge < -0.3 is 57.4 Å². The van der Waals surface area contributed by atoms with Crippen molar-refractivity contribution in [2.75, 3.05) is 38.2 Å². The Balaban J connectivity index is -0.000000441. The molecule has 0 heterocycles. The number of hydrogen-bond donors (Lipinski definition) is 0. The van der Waals surface area contributed by atoms with Gasteiger partial charge in [-0.15, -0.1) is 0 Å². The van der Waals surface area contributed by atoms with Gasteiger partial charge in [0.15, 0.2) is 0 Å². The molecule has 0 rings (SSSR count). The number of hydrogen-bond acceptors (Lipinski definition) is 14. The maximum absolute atomic E-state index is 10.7. The van der Waals surface area contributed by atoms with Crippen LogP contribution in [0.15, 0.2) is 0 Å². The molecule has 14 nitrogen and oxygen atoms in total. The van der Waals surface area contributed by atoms with Crippen LogP contribution in [0, 0.1) is 0 Å². The van der Waals surface area contributed by atoms with Crippen molar-refractivity contribution >= 4 is 30.4 Å². The van der Waals surface area contributed by atoms with E-state index in [2.05, 4.69) is 0 Å². The predicted molar refractivity (Wildman–Crippen MR) is 63.3 cm³/mol. The summed E-state index contributed by atoms with van der Waals surface area (Å²) in [7, 11) is -21.2. The van der Waals surface area contributed by atoms with Crippen LogP contribution >= 0.6 is 30.4 Å². The molecule has 0 bridgehead atoms. The van der Waals surface area contributed by atoms with E-state index in [0.717, 1.165) is 0 Å². The van der Waals surface area contributed by atoms with Crippen molar-refractivity contribution < 1.29 is 176 Å². The summed E-state index contributed by atoms with van der Waals surface area (Å²) in [6.07, 6.45) is -5.63. The minimum Gasteiger partial charge on any atom is -0.810 e. The zero-order valence-corrected chi connectivity index (χ0v) is 27.4. The van der Waals surface area contributed by atoms with E-state index in [1.807, 2.05) is 0 Å². The molecule has 146 valence electrons. The number of rotatable bonds is 11. The molecule has 0 saturated carbocycles. The van der Waals surface area contributed by atoms with E-state index in [0.29, 0.717) is 9.80 Å². The molecule has 0 aromatic heterocycles. The fourth-order valence-electron chi connectivity index (χ4n) is 1.63. The van der Waals surface area contributed by atoms with Crippen LogP contribution in [0.4, 0.5) is 0 Å². The van der Waals surface area contributed by atoms with Gasteiger partial charge in [0.2, 0.25) is 0 Å². The van der Waals surface area contributed by atoms with E-state index in [-0.39, 0.29) is 118 Å². The van der Waals surface area contributed by atoms with Gasteiger partial charge in [-0.3, -0.25) is 9.80 Å². The maximum atomic E-state index is 10.7. The van der Waals surface area contributed by atoms with Gasteiger partial charge in [-0.2, -0.15) is 0 Å². The Bertz CT molecular complexity index is 503. The minimum absolute atomic E-state index is 0. The molecule has 0 amide bonds. The average molecular weight is 520 g/mol. The molecule has 0 fully saturated rings. The van der Waals surface area contributed by atoms with Gasteiger partial charge >= 0.3 is 118 Å². The third kappa shape index (κ3) is 30.5. The summed E-state index contributed by atoms with van der Waals surface area (Å²) in [5, 5.41) is 0. The molecule has 0 atom stereocenters. The van der Waals surface area contributed by atoms with Crippen LogP contribution in [0.3, 0.4) is 0 Å². The van der Waals surface area contributed by atoms with Crippen LogP contribution < -0.4 is 157 Å². The van der Waals surface area contributed by atoms with Crippen molar-refractivity contribution in [3.05, 3.63) is 0 Å². The third-order valence-corrected chi connectivity index (χ3v) is 5.21. The van der Waals surface area contributed by atoms with Crippen LogP contribution in [0.5, 0.6) is 0 Å². The Morgan fingerprint density at radius 2 is 0.571 bits per heavy atom. The number of nitrogens with zero attached hydrogens (tertiary/aromatic N) is 2. The maximum Gasteiger partial charge on any atom is 1.00 e. The fraction of sp³-hybridized carbons (Fsp3) is 1.00. The summed E-state index contributed by atoms with van der Waals surface area (Å²) in [6.45, 7) is -1.55. The molecule has 0 aromatic carbocycles. The van der Waals surface area contributed by atoms with Crippen LogP contribution in [0.1, 0.15) is 0 Å². The van der Waals surface area contributed by atoms with E-state index in [4.69, 9.17) is 0 Å². The summed E-state index contributed by atoms with van der Waals surface area (Å²) in [5.41, 5.74) is 0. The SMILES string of the molecule is O=P([O-])([O-])CN(CCN(CP(=O)([O-])[O-])CP(=O)([O-])[O-])CP(=O)([O-])[O-].[Na+].[Na+].[Na+].[Na+]. The van der Waals surface area contributed by atoms with Crippen LogP contribution in [-0.2, 0) is 18.3 Å². The zero-order chi connectivity index (χ0) is 19.4. The van der Waals surface area contributed by atoms with Gasteiger partial charge in [0.25, 0.3) is 0 Å². The van der Waals surface area contributed by atoms with E-state index < -0.39 is 68.6 Å². The predicted octanol–water partition coefficient (Wildman–Crippen LogP) is -18.9. The Kier molecular flexibility index (Phi) is 27.2. The topological polar surface area (TPSA) is 259 Å². The second-order valence-electron chi connectivity index (χ2n) is 4.80. The van der Waals surface area contributed by atoms with E-state index in [1.54, 1.807) is 0 Å². The molecule has 0 aliphatic carbocycles. The normalized spacial score (nSPS) is 12.5. The standard InChI is InChI=1S/C6H20N2O12P4.4Na/c9-21(10,11)3-7(4-22(12,13)14)1-2-8(5-23(15,16)17)6-24(18,19)20;;;;/h1-6H2,(H2,9,10,11)(H2,12,13,14)(H2,15,16,17)(H2,18,19,20);;;;/q;4*+1/p-8. The zero-order valence-electron chi connectivity index (χ0n) is 15.8. The van der Waals surface area contributed by atoms with Gasteiger partial charge in [-0.05, 0) is 0 Å². The summed E-state index contributed by atoms with van der Waals surface area (Å²) in [4.78, 5) is 85.9. The van der Waals surface area contributed by atoms with Crippen LogP contribution in [0.2, 0.25) is 0 Å². The molecule has 0 radical (unpaired) electrons. The van der Waals surface area contributed by atoms with Gasteiger partial charge in [-0.25, -0.2) is 0 Å². The fourth-order valence-corrected chi connectivity index (χ4v) is 4.88. The molecule has 28 heavy (non-hydrogen) atoms. The first-order chi connectivity index (χ1) is 10.4. The Hall–Kier alpha value is 4.52. The molecular weight excluding hydrogens is 508 g/mol. The summed E-state index contributed by atoms with van der Waals surface area (Å²) in [5.74, 6) is 0. The largest absolute Gasteiger partial charge is 1.00 e. The van der Waals surface area contributed by atoms with Gasteiger partial charge in [-0.1, -0.05) is 30.4 Å². The van der Waals surface area contributed by atoms with Crippen molar-refractivity contribution in [2.45, 2.75) is 0 Å². The summed E-state index contributed by atoms with van der Waals surface area (Å²) >= 11 is 0. The average Bonchev–Trinajstić information content (AvgIpc) is 2.16. The van der Waals surface area contributed by atoms with E-state index in [9.17, 15) is 57.4 Å². The molecule has 0 aliphatic rings. The first-order valence-corrected chi connectivity index (χ1v) is 12.8. The molecule has 22 heteroatoms. The summed E-state index contributed by atoms with van der Waals surface area (Å²) < 4.78 is 42.7. The molecule has 0 N–H and O–H groups in total. The molecule has 0 aromatic rings. The van der Waals surface area contributed by atoms with E-state index in [1.165, 1.54) is 0 Å². The first kappa shape index (κ1) is 42.7. The minimum atomic E-state index is -5.30. The van der Waals surface area contributed by atoms with Crippen LogP contribution in [-0.4, -0.2) is 48.0 Å². The Labute approximate surface area is 250 Å². The van der Waals surface area contributed by atoms with Gasteiger partial charge in [0.05, 0.1) is 0 Å². The Morgan fingerprint density at radius 1 is 0.429 bits per heavy atom.